The highest BCUT2D eigenvalue weighted by atomic mass is 16.7. The summed E-state index contributed by atoms with van der Waals surface area (Å²) in [5.74, 6) is -2.54. The topological polar surface area (TPSA) is 52.6 Å². The molecule has 19 heavy (non-hydrogen) atoms. The molecule has 4 heteroatoms. The Labute approximate surface area is 115 Å². The van der Waals surface area contributed by atoms with Crippen molar-refractivity contribution in [3.05, 3.63) is 25.3 Å². The molecule has 0 aliphatic carbocycles. The molecule has 0 aromatic rings. The fourth-order valence-electron chi connectivity index (χ4n) is 1.96. The summed E-state index contributed by atoms with van der Waals surface area (Å²) in [4.78, 5) is 22.9. The second-order valence-corrected chi connectivity index (χ2v) is 4.51. The van der Waals surface area contributed by atoms with Crippen molar-refractivity contribution in [3.63, 3.8) is 0 Å². The summed E-state index contributed by atoms with van der Waals surface area (Å²) in [6, 6.07) is 0. The summed E-state index contributed by atoms with van der Waals surface area (Å²) < 4.78 is 10.5. The highest BCUT2D eigenvalue weighted by Crippen LogP contribution is 2.31. The first-order valence-electron chi connectivity index (χ1n) is 6.64. The van der Waals surface area contributed by atoms with Crippen LogP contribution in [0.15, 0.2) is 25.3 Å². The number of carbonyl (C=O) groups excluding carboxylic acids is 2. The summed E-state index contributed by atoms with van der Waals surface area (Å²) in [5, 5.41) is 0. The van der Waals surface area contributed by atoms with E-state index in [-0.39, 0.29) is 5.92 Å². The molecule has 0 N–H and O–H groups in total. The molecule has 108 valence electrons. The molecule has 1 atom stereocenters. The maximum Gasteiger partial charge on any atom is 0.333 e. The minimum atomic E-state index is -1.28. The van der Waals surface area contributed by atoms with Crippen molar-refractivity contribution in [1.82, 2.24) is 0 Å². The van der Waals surface area contributed by atoms with Gasteiger partial charge in [-0.25, -0.2) is 9.59 Å². The first kappa shape index (κ1) is 17.4. The average molecular weight is 268 g/mol. The Morgan fingerprint density at radius 1 is 1.16 bits per heavy atom. The van der Waals surface area contributed by atoms with E-state index in [1.54, 1.807) is 6.92 Å². The number of ether oxygens (including phenoxy) is 2. The fraction of sp³-hybridized carbons (Fsp3) is 0.600. The van der Waals surface area contributed by atoms with E-state index in [4.69, 9.17) is 9.47 Å². The fourth-order valence-corrected chi connectivity index (χ4v) is 1.96. The smallest absolute Gasteiger partial charge is 0.333 e. The van der Waals surface area contributed by atoms with Crippen molar-refractivity contribution in [1.29, 1.82) is 0 Å². The molecule has 0 saturated heterocycles. The molecule has 0 saturated carbocycles. The Morgan fingerprint density at radius 3 is 1.95 bits per heavy atom. The van der Waals surface area contributed by atoms with Crippen LogP contribution in [0.4, 0.5) is 0 Å². The molecule has 1 unspecified atom stereocenters. The van der Waals surface area contributed by atoms with Crippen molar-refractivity contribution in [2.45, 2.75) is 52.2 Å². The van der Waals surface area contributed by atoms with Crippen LogP contribution in [-0.4, -0.2) is 17.7 Å². The van der Waals surface area contributed by atoms with Gasteiger partial charge in [0.2, 0.25) is 0 Å². The summed E-state index contributed by atoms with van der Waals surface area (Å²) in [5.41, 5.74) is 0. The van der Waals surface area contributed by atoms with E-state index in [1.165, 1.54) is 0 Å². The molecule has 0 radical (unpaired) electrons. The zero-order valence-corrected chi connectivity index (χ0v) is 12.1. The van der Waals surface area contributed by atoms with Crippen molar-refractivity contribution >= 4 is 11.9 Å². The van der Waals surface area contributed by atoms with E-state index in [0.717, 1.165) is 37.8 Å². The Hall–Kier alpha value is -1.58. The van der Waals surface area contributed by atoms with Crippen molar-refractivity contribution in [3.8, 4) is 0 Å². The van der Waals surface area contributed by atoms with Crippen LogP contribution in [-0.2, 0) is 19.1 Å². The molecule has 0 aromatic carbocycles. The molecule has 0 aliphatic rings. The Morgan fingerprint density at radius 2 is 1.63 bits per heavy atom. The van der Waals surface area contributed by atoms with Gasteiger partial charge in [-0.15, -0.1) is 0 Å². The minimum Gasteiger partial charge on any atom is -0.419 e. The predicted molar refractivity (Wildman–Crippen MR) is 74.3 cm³/mol. The monoisotopic (exact) mass is 268 g/mol. The van der Waals surface area contributed by atoms with Gasteiger partial charge in [0.15, 0.2) is 0 Å². The van der Waals surface area contributed by atoms with E-state index in [9.17, 15) is 9.59 Å². The van der Waals surface area contributed by atoms with E-state index >= 15 is 0 Å². The number of hydrogen-bond donors (Lipinski definition) is 0. The van der Waals surface area contributed by atoms with Gasteiger partial charge in [-0.3, -0.25) is 0 Å². The molecule has 0 rings (SSSR count). The Kier molecular flexibility index (Phi) is 7.80. The number of esters is 2. The number of unbranched alkanes of at least 4 members (excludes halogenated alkanes) is 1. The molecule has 0 spiro atoms. The second kappa shape index (κ2) is 8.51. The maximum atomic E-state index is 11.4. The van der Waals surface area contributed by atoms with Crippen LogP contribution in [0.3, 0.4) is 0 Å². The normalized spacial score (nSPS) is 12.4. The van der Waals surface area contributed by atoms with Gasteiger partial charge in [0, 0.05) is 25.0 Å². The van der Waals surface area contributed by atoms with Crippen LogP contribution >= 0.6 is 0 Å². The van der Waals surface area contributed by atoms with Gasteiger partial charge in [-0.2, -0.15) is 0 Å². The van der Waals surface area contributed by atoms with Gasteiger partial charge in [-0.05, 0) is 12.8 Å². The molecule has 0 heterocycles. The number of carbonyl (C=O) groups is 2. The van der Waals surface area contributed by atoms with E-state index < -0.39 is 17.7 Å². The van der Waals surface area contributed by atoms with E-state index in [1.807, 2.05) is 6.92 Å². The zero-order chi connectivity index (χ0) is 14.9. The van der Waals surface area contributed by atoms with Crippen molar-refractivity contribution < 1.29 is 19.1 Å². The minimum absolute atomic E-state index is 0.0553. The third-order valence-electron chi connectivity index (χ3n) is 3.08. The standard InChI is InChI=1S/C15H24O4/c1-6-10-11-12(7-2)15(5,18-13(16)8-3)19-14(17)9-4/h8-9,12H,3-4,6-7,10-11H2,1-2,5H3. The Balaban J connectivity index is 5.07. The highest BCUT2D eigenvalue weighted by molar-refractivity contribution is 5.83. The predicted octanol–water partition coefficient (Wildman–Crippen LogP) is 3.38. The molecule has 0 bridgehead atoms. The first-order valence-corrected chi connectivity index (χ1v) is 6.64. The lowest BCUT2D eigenvalue weighted by Gasteiger charge is -2.35. The molecule has 0 amide bonds. The third-order valence-corrected chi connectivity index (χ3v) is 3.08. The lowest BCUT2D eigenvalue weighted by Crippen LogP contribution is -2.43. The first-order chi connectivity index (χ1) is 8.93. The van der Waals surface area contributed by atoms with Gasteiger partial charge in [-0.1, -0.05) is 39.8 Å². The molecule has 4 nitrogen and oxygen atoms in total. The lowest BCUT2D eigenvalue weighted by atomic mass is 9.91. The third kappa shape index (κ3) is 5.73. The van der Waals surface area contributed by atoms with Gasteiger partial charge in [0.05, 0.1) is 0 Å². The quantitative estimate of drug-likeness (QED) is 0.365. The van der Waals surface area contributed by atoms with Crippen LogP contribution in [0, 0.1) is 5.92 Å². The molecular weight excluding hydrogens is 244 g/mol. The number of rotatable bonds is 9. The SMILES string of the molecule is C=CC(=O)OC(C)(OC(=O)C=C)C(CC)CCCC. The van der Waals surface area contributed by atoms with Crippen LogP contribution < -0.4 is 0 Å². The van der Waals surface area contributed by atoms with Gasteiger partial charge in [0.1, 0.15) is 0 Å². The summed E-state index contributed by atoms with van der Waals surface area (Å²) >= 11 is 0. The number of hydrogen-bond acceptors (Lipinski definition) is 4. The average Bonchev–Trinajstić information content (AvgIpc) is 2.38. The molecule has 0 fully saturated rings. The maximum absolute atomic E-state index is 11.4. The van der Waals surface area contributed by atoms with Crippen LogP contribution in [0.25, 0.3) is 0 Å². The van der Waals surface area contributed by atoms with Gasteiger partial charge in [0.25, 0.3) is 5.79 Å². The summed E-state index contributed by atoms with van der Waals surface area (Å²) in [7, 11) is 0. The van der Waals surface area contributed by atoms with Crippen LogP contribution in [0.1, 0.15) is 46.5 Å². The molecule has 0 aromatic heterocycles. The summed E-state index contributed by atoms with van der Waals surface area (Å²) in [6.07, 6.45) is 5.69. The van der Waals surface area contributed by atoms with Crippen molar-refractivity contribution in [2.24, 2.45) is 5.92 Å². The van der Waals surface area contributed by atoms with E-state index in [2.05, 4.69) is 20.1 Å². The highest BCUT2D eigenvalue weighted by Gasteiger charge is 2.39. The van der Waals surface area contributed by atoms with Crippen molar-refractivity contribution in [2.75, 3.05) is 0 Å². The van der Waals surface area contributed by atoms with Gasteiger partial charge < -0.3 is 9.47 Å². The largest absolute Gasteiger partial charge is 0.419 e. The van der Waals surface area contributed by atoms with Gasteiger partial charge >= 0.3 is 11.9 Å². The van der Waals surface area contributed by atoms with Crippen LogP contribution in [0.5, 0.6) is 0 Å². The molecular formula is C15H24O4. The second-order valence-electron chi connectivity index (χ2n) is 4.51. The van der Waals surface area contributed by atoms with E-state index in [0.29, 0.717) is 0 Å². The molecule has 0 aliphatic heterocycles. The lowest BCUT2D eigenvalue weighted by molar-refractivity contribution is -0.236. The summed E-state index contributed by atoms with van der Waals surface area (Å²) in [6.45, 7) is 12.4. The van der Waals surface area contributed by atoms with Crippen LogP contribution in [0.2, 0.25) is 0 Å². The zero-order valence-electron chi connectivity index (χ0n) is 12.1. The Bertz CT molecular complexity index is 311.